The number of nitrogens with one attached hydrogen (secondary N) is 1. The molecule has 1 saturated carbocycles. The maximum atomic E-state index is 13.2. The summed E-state index contributed by atoms with van der Waals surface area (Å²) in [6.07, 6.45) is 2.06. The van der Waals surface area contributed by atoms with Crippen molar-refractivity contribution in [2.75, 3.05) is 16.2 Å². The van der Waals surface area contributed by atoms with E-state index >= 15 is 0 Å². The lowest BCUT2D eigenvalue weighted by atomic mass is 10.0. The van der Waals surface area contributed by atoms with E-state index in [1.807, 2.05) is 0 Å². The smallest absolute Gasteiger partial charge is 0.293 e. The minimum Gasteiger partial charge on any atom is -0.376 e. The molecule has 2 aromatic rings. The van der Waals surface area contributed by atoms with Gasteiger partial charge in [0.15, 0.2) is 0 Å². The van der Waals surface area contributed by atoms with E-state index in [9.17, 15) is 23.3 Å². The number of carbonyl (C=O) groups excluding carboxylic acids is 1. The number of amides is 1. The van der Waals surface area contributed by atoms with Gasteiger partial charge in [-0.3, -0.25) is 19.2 Å². The molecule has 1 aliphatic rings. The van der Waals surface area contributed by atoms with Crippen molar-refractivity contribution in [3.63, 3.8) is 0 Å². The largest absolute Gasteiger partial charge is 0.376 e. The molecule has 30 heavy (non-hydrogen) atoms. The summed E-state index contributed by atoms with van der Waals surface area (Å²) in [6.45, 7) is 1.86. The number of hydrogen-bond donors (Lipinski definition) is 2. The van der Waals surface area contributed by atoms with Gasteiger partial charge < -0.3 is 11.1 Å². The summed E-state index contributed by atoms with van der Waals surface area (Å²) >= 11 is 0. The molecule has 160 valence electrons. The number of nitro benzene ring substituents is 1. The predicted octanol–water partition coefficient (Wildman–Crippen LogP) is 2.88. The Balaban J connectivity index is 1.96. The lowest BCUT2D eigenvalue weighted by Crippen LogP contribution is -2.34. The van der Waals surface area contributed by atoms with Crippen LogP contribution >= 0.6 is 0 Å². The molecular formula is C20H24N4O5S. The SMILES string of the molecule is CCN(c1ccccc1)S(=O)(=O)c1ccc(N[C@@H]2CCC[C@@H]2C(N)=O)c([N+](=O)[O-])c1. The third-order valence-corrected chi connectivity index (χ3v) is 7.21. The second kappa shape index (κ2) is 8.70. The van der Waals surface area contributed by atoms with Crippen LogP contribution in [-0.2, 0) is 14.8 Å². The lowest BCUT2D eigenvalue weighted by Gasteiger charge is -2.23. The molecule has 0 saturated heterocycles. The third kappa shape index (κ3) is 4.23. The van der Waals surface area contributed by atoms with Crippen molar-refractivity contribution in [3.8, 4) is 0 Å². The van der Waals surface area contributed by atoms with E-state index in [0.717, 1.165) is 12.5 Å². The van der Waals surface area contributed by atoms with E-state index < -0.39 is 26.8 Å². The van der Waals surface area contributed by atoms with Gasteiger partial charge in [0.1, 0.15) is 5.69 Å². The maximum Gasteiger partial charge on any atom is 0.293 e. The minimum absolute atomic E-state index is 0.167. The molecule has 0 aliphatic heterocycles. The van der Waals surface area contributed by atoms with E-state index in [1.54, 1.807) is 37.3 Å². The number of hydrogen-bond acceptors (Lipinski definition) is 6. The number of nitrogens with two attached hydrogens (primary N) is 1. The zero-order valence-electron chi connectivity index (χ0n) is 16.5. The number of anilines is 2. The highest BCUT2D eigenvalue weighted by atomic mass is 32.2. The highest BCUT2D eigenvalue weighted by molar-refractivity contribution is 7.92. The Kier molecular flexibility index (Phi) is 6.25. The molecule has 1 fully saturated rings. The number of sulfonamides is 1. The summed E-state index contributed by atoms with van der Waals surface area (Å²) in [5.41, 5.74) is 5.70. The third-order valence-electron chi connectivity index (χ3n) is 5.31. The van der Waals surface area contributed by atoms with Crippen LogP contribution in [0.1, 0.15) is 26.2 Å². The summed E-state index contributed by atoms with van der Waals surface area (Å²) in [4.78, 5) is 22.5. The summed E-state index contributed by atoms with van der Waals surface area (Å²) < 4.78 is 27.5. The molecular weight excluding hydrogens is 408 g/mol. The van der Waals surface area contributed by atoms with Crippen molar-refractivity contribution < 1.29 is 18.1 Å². The summed E-state index contributed by atoms with van der Waals surface area (Å²) in [5.74, 6) is -0.866. The molecule has 0 heterocycles. The molecule has 10 heteroatoms. The van der Waals surface area contributed by atoms with Crippen molar-refractivity contribution in [2.45, 2.75) is 37.1 Å². The topological polar surface area (TPSA) is 136 Å². The van der Waals surface area contributed by atoms with Gasteiger partial charge >= 0.3 is 0 Å². The summed E-state index contributed by atoms with van der Waals surface area (Å²) in [5, 5.41) is 14.7. The van der Waals surface area contributed by atoms with E-state index in [-0.39, 0.29) is 28.9 Å². The average Bonchev–Trinajstić information content (AvgIpc) is 3.17. The van der Waals surface area contributed by atoms with Crippen molar-refractivity contribution in [3.05, 3.63) is 58.6 Å². The van der Waals surface area contributed by atoms with Crippen LogP contribution in [0.4, 0.5) is 17.1 Å². The summed E-state index contributed by atoms with van der Waals surface area (Å²) in [6, 6.07) is 12.0. The van der Waals surface area contributed by atoms with Gasteiger partial charge in [0, 0.05) is 18.7 Å². The Labute approximate surface area is 175 Å². The molecule has 0 spiro atoms. The number of benzene rings is 2. The Hall–Kier alpha value is -3.14. The Morgan fingerprint density at radius 1 is 1.23 bits per heavy atom. The Morgan fingerprint density at radius 2 is 1.93 bits per heavy atom. The van der Waals surface area contributed by atoms with Crippen molar-refractivity contribution in [2.24, 2.45) is 11.7 Å². The number of nitrogens with zero attached hydrogens (tertiary/aromatic N) is 2. The summed E-state index contributed by atoms with van der Waals surface area (Å²) in [7, 11) is -4.00. The van der Waals surface area contributed by atoms with Gasteiger partial charge in [-0.05, 0) is 44.0 Å². The maximum absolute atomic E-state index is 13.2. The molecule has 0 unspecified atom stereocenters. The second-order valence-corrected chi connectivity index (χ2v) is 8.99. The molecule has 9 nitrogen and oxygen atoms in total. The van der Waals surface area contributed by atoms with Crippen LogP contribution in [0.2, 0.25) is 0 Å². The number of para-hydroxylation sites is 1. The molecule has 0 radical (unpaired) electrons. The highest BCUT2D eigenvalue weighted by Gasteiger charge is 2.33. The lowest BCUT2D eigenvalue weighted by molar-refractivity contribution is -0.384. The zero-order chi connectivity index (χ0) is 21.9. The fraction of sp³-hybridized carbons (Fsp3) is 0.350. The number of carbonyl (C=O) groups is 1. The Morgan fingerprint density at radius 3 is 2.53 bits per heavy atom. The minimum atomic E-state index is -4.00. The fourth-order valence-corrected chi connectivity index (χ4v) is 5.33. The monoisotopic (exact) mass is 432 g/mol. The average molecular weight is 433 g/mol. The van der Waals surface area contributed by atoms with Crippen LogP contribution in [0.3, 0.4) is 0 Å². The molecule has 1 amide bonds. The molecule has 1 aliphatic carbocycles. The van der Waals surface area contributed by atoms with Crippen LogP contribution in [0.15, 0.2) is 53.4 Å². The van der Waals surface area contributed by atoms with E-state index in [0.29, 0.717) is 18.5 Å². The fourth-order valence-electron chi connectivity index (χ4n) is 3.83. The van der Waals surface area contributed by atoms with Crippen molar-refractivity contribution in [1.29, 1.82) is 0 Å². The molecule has 2 aromatic carbocycles. The molecule has 0 aromatic heterocycles. The van der Waals surface area contributed by atoms with Crippen LogP contribution in [0.5, 0.6) is 0 Å². The zero-order valence-corrected chi connectivity index (χ0v) is 17.3. The molecule has 2 atom stereocenters. The number of rotatable bonds is 8. The van der Waals surface area contributed by atoms with Crippen LogP contribution < -0.4 is 15.4 Å². The van der Waals surface area contributed by atoms with Crippen molar-refractivity contribution >= 4 is 33.0 Å². The van der Waals surface area contributed by atoms with Crippen LogP contribution in [-0.4, -0.2) is 31.8 Å². The predicted molar refractivity (Wildman–Crippen MR) is 114 cm³/mol. The van der Waals surface area contributed by atoms with E-state index in [4.69, 9.17) is 5.73 Å². The quantitative estimate of drug-likeness (QED) is 0.486. The second-order valence-electron chi connectivity index (χ2n) is 7.13. The normalized spacial score (nSPS) is 18.7. The van der Waals surface area contributed by atoms with E-state index in [2.05, 4.69) is 5.32 Å². The molecule has 3 rings (SSSR count). The number of primary amides is 1. The van der Waals surface area contributed by atoms with E-state index in [1.165, 1.54) is 16.4 Å². The molecule has 3 N–H and O–H groups in total. The van der Waals surface area contributed by atoms with Gasteiger partial charge in [0.2, 0.25) is 5.91 Å². The van der Waals surface area contributed by atoms with Crippen LogP contribution in [0, 0.1) is 16.0 Å². The Bertz CT molecular complexity index is 1040. The first-order valence-electron chi connectivity index (χ1n) is 9.67. The van der Waals surface area contributed by atoms with Crippen molar-refractivity contribution in [1.82, 2.24) is 0 Å². The molecule has 0 bridgehead atoms. The standard InChI is InChI=1S/C20H24N4O5S/c1-2-23(14-7-4-3-5-8-14)30(28,29)15-11-12-18(19(13-15)24(26)27)22-17-10-6-9-16(17)20(21)25/h3-5,7-8,11-13,16-17,22H,2,6,9-10H2,1H3,(H2,21,25)/t16-,17+/m0/s1. The van der Waals surface area contributed by atoms with Crippen LogP contribution in [0.25, 0.3) is 0 Å². The first-order chi connectivity index (χ1) is 14.3. The van der Waals surface area contributed by atoms with Gasteiger partial charge in [-0.1, -0.05) is 24.6 Å². The first kappa shape index (κ1) is 21.6. The van der Waals surface area contributed by atoms with Gasteiger partial charge in [-0.15, -0.1) is 0 Å². The number of nitro groups is 1. The van der Waals surface area contributed by atoms with Gasteiger partial charge in [-0.25, -0.2) is 8.42 Å². The highest BCUT2D eigenvalue weighted by Crippen LogP contribution is 2.34. The van der Waals surface area contributed by atoms with Gasteiger partial charge in [0.05, 0.1) is 21.4 Å². The first-order valence-corrected chi connectivity index (χ1v) is 11.1. The van der Waals surface area contributed by atoms with Gasteiger partial charge in [-0.2, -0.15) is 0 Å². The van der Waals surface area contributed by atoms with Gasteiger partial charge in [0.25, 0.3) is 15.7 Å².